The highest BCUT2D eigenvalue weighted by Crippen LogP contribution is 2.32. The molecule has 0 radical (unpaired) electrons. The molecule has 0 heterocycles. The van der Waals surface area contributed by atoms with E-state index < -0.39 is 0 Å². The second-order valence-electron chi connectivity index (χ2n) is 7.98. The molecule has 0 N–H and O–H groups in total. The van der Waals surface area contributed by atoms with E-state index in [1.165, 1.54) is 19.3 Å². The molecule has 0 rings (SSSR count). The van der Waals surface area contributed by atoms with Gasteiger partial charge >= 0.3 is 0 Å². The normalized spacial score (nSPS) is 17.6. The van der Waals surface area contributed by atoms with Crippen molar-refractivity contribution in [1.29, 1.82) is 0 Å². The molecular formula is C15H32. The average Bonchev–Trinajstić information content (AvgIpc) is 1.73. The molecule has 15 heavy (non-hydrogen) atoms. The third-order valence-corrected chi connectivity index (χ3v) is 2.73. The molecule has 0 fully saturated rings. The summed E-state index contributed by atoms with van der Waals surface area (Å²) < 4.78 is 0. The molecule has 0 heteroatoms. The lowest BCUT2D eigenvalue weighted by molar-refractivity contribution is 0.233. The highest BCUT2D eigenvalue weighted by atomic mass is 14.3. The van der Waals surface area contributed by atoms with Crippen molar-refractivity contribution < 1.29 is 0 Å². The van der Waals surface area contributed by atoms with E-state index in [4.69, 9.17) is 0 Å². The summed E-state index contributed by atoms with van der Waals surface area (Å²) in [5.41, 5.74) is 0.974. The van der Waals surface area contributed by atoms with Crippen LogP contribution in [-0.2, 0) is 0 Å². The van der Waals surface area contributed by atoms with Crippen molar-refractivity contribution >= 4 is 0 Å². The van der Waals surface area contributed by atoms with Crippen LogP contribution in [0.5, 0.6) is 0 Å². The van der Waals surface area contributed by atoms with E-state index in [1.807, 2.05) is 0 Å². The lowest BCUT2D eigenvalue weighted by Gasteiger charge is -2.28. The van der Waals surface area contributed by atoms with Crippen molar-refractivity contribution in [2.45, 2.75) is 74.7 Å². The summed E-state index contributed by atoms with van der Waals surface area (Å²) >= 11 is 0. The Labute approximate surface area is 97.8 Å². The largest absolute Gasteiger partial charge is 0.0625 e. The van der Waals surface area contributed by atoms with E-state index in [0.29, 0.717) is 10.8 Å². The van der Waals surface area contributed by atoms with Gasteiger partial charge in [0.25, 0.3) is 0 Å². The number of hydrogen-bond acceptors (Lipinski definition) is 0. The maximum Gasteiger partial charge on any atom is -0.0380 e. The van der Waals surface area contributed by atoms with E-state index >= 15 is 0 Å². The predicted octanol–water partition coefficient (Wildman–Crippen LogP) is 5.52. The van der Waals surface area contributed by atoms with Crippen LogP contribution in [0, 0.1) is 22.7 Å². The van der Waals surface area contributed by atoms with Crippen molar-refractivity contribution in [3.05, 3.63) is 0 Å². The van der Waals surface area contributed by atoms with Gasteiger partial charge in [-0.3, -0.25) is 0 Å². The summed E-state index contributed by atoms with van der Waals surface area (Å²) in [6, 6.07) is 0. The van der Waals surface area contributed by atoms with Gasteiger partial charge in [-0.25, -0.2) is 0 Å². The summed E-state index contributed by atoms with van der Waals surface area (Å²) in [5.74, 6) is 1.73. The first kappa shape index (κ1) is 15.0. The fraction of sp³-hybridized carbons (Fsp3) is 1.00. The van der Waals surface area contributed by atoms with Crippen molar-refractivity contribution in [3.8, 4) is 0 Å². The zero-order valence-corrected chi connectivity index (χ0v) is 12.3. The second-order valence-corrected chi connectivity index (χ2v) is 7.98. The molecule has 0 aromatic heterocycles. The molecule has 0 amide bonds. The van der Waals surface area contributed by atoms with Crippen LogP contribution in [0.4, 0.5) is 0 Å². The maximum atomic E-state index is 2.41. The smallest absolute Gasteiger partial charge is 0.0380 e. The van der Waals surface area contributed by atoms with Gasteiger partial charge in [0.15, 0.2) is 0 Å². The summed E-state index contributed by atoms with van der Waals surface area (Å²) in [7, 11) is 0. The molecule has 0 spiro atoms. The molecule has 0 nitrogen and oxygen atoms in total. The highest BCUT2D eigenvalue weighted by Gasteiger charge is 2.20. The standard InChI is InChI=1S/C15H32/c1-12(10-14(3,4)5)9-13(2)11-15(6,7)8/h12-13H,9-11H2,1-8H3/t12-,13+. The van der Waals surface area contributed by atoms with Gasteiger partial charge in [-0.05, 0) is 41.9 Å². The van der Waals surface area contributed by atoms with Crippen molar-refractivity contribution in [2.75, 3.05) is 0 Å². The van der Waals surface area contributed by atoms with Crippen LogP contribution in [0.25, 0.3) is 0 Å². The number of hydrogen-bond donors (Lipinski definition) is 0. The lowest BCUT2D eigenvalue weighted by atomic mass is 9.78. The van der Waals surface area contributed by atoms with Gasteiger partial charge in [0.2, 0.25) is 0 Å². The molecule has 0 aliphatic heterocycles. The molecule has 0 aromatic carbocycles. The quantitative estimate of drug-likeness (QED) is 0.575. The lowest BCUT2D eigenvalue weighted by Crippen LogP contribution is -2.16. The Balaban J connectivity index is 3.92. The molecule has 0 bridgehead atoms. The maximum absolute atomic E-state index is 2.41. The van der Waals surface area contributed by atoms with Gasteiger partial charge in [0.1, 0.15) is 0 Å². The van der Waals surface area contributed by atoms with Gasteiger partial charge in [-0.15, -0.1) is 0 Å². The minimum atomic E-state index is 0.487. The molecule has 0 aliphatic rings. The zero-order chi connectivity index (χ0) is 12.3. The molecule has 0 aliphatic carbocycles. The number of rotatable bonds is 4. The Kier molecular flexibility index (Phi) is 5.37. The minimum absolute atomic E-state index is 0.487. The summed E-state index contributed by atoms with van der Waals surface area (Å²) in [6.45, 7) is 18.9. The minimum Gasteiger partial charge on any atom is -0.0625 e. The SMILES string of the molecule is C[C@H](C[C@H](C)CC(C)(C)C)CC(C)(C)C. The third-order valence-electron chi connectivity index (χ3n) is 2.73. The second kappa shape index (κ2) is 5.37. The Bertz CT molecular complexity index is 145. The first-order valence-corrected chi connectivity index (χ1v) is 6.49. The zero-order valence-electron chi connectivity index (χ0n) is 12.3. The van der Waals surface area contributed by atoms with Gasteiger partial charge in [0, 0.05) is 0 Å². The predicted molar refractivity (Wildman–Crippen MR) is 71.1 cm³/mol. The first-order valence-electron chi connectivity index (χ1n) is 6.49. The average molecular weight is 212 g/mol. The molecule has 0 aromatic rings. The third kappa shape index (κ3) is 10.3. The Morgan fingerprint density at radius 3 is 1.13 bits per heavy atom. The fourth-order valence-corrected chi connectivity index (χ4v) is 2.94. The van der Waals surface area contributed by atoms with Crippen LogP contribution in [-0.4, -0.2) is 0 Å². The fourth-order valence-electron chi connectivity index (χ4n) is 2.94. The van der Waals surface area contributed by atoms with E-state index in [0.717, 1.165) is 11.8 Å². The van der Waals surface area contributed by atoms with E-state index in [-0.39, 0.29) is 0 Å². The van der Waals surface area contributed by atoms with E-state index in [1.54, 1.807) is 0 Å². The molecular weight excluding hydrogens is 180 g/mol. The molecule has 0 unspecified atom stereocenters. The molecule has 92 valence electrons. The Morgan fingerprint density at radius 1 is 0.667 bits per heavy atom. The van der Waals surface area contributed by atoms with Crippen LogP contribution in [0.1, 0.15) is 74.7 Å². The van der Waals surface area contributed by atoms with Crippen LogP contribution in [0.15, 0.2) is 0 Å². The van der Waals surface area contributed by atoms with Crippen molar-refractivity contribution in [3.63, 3.8) is 0 Å². The van der Waals surface area contributed by atoms with Crippen LogP contribution >= 0.6 is 0 Å². The van der Waals surface area contributed by atoms with Gasteiger partial charge < -0.3 is 0 Å². The summed E-state index contributed by atoms with van der Waals surface area (Å²) in [5, 5.41) is 0. The Hall–Kier alpha value is 0. The summed E-state index contributed by atoms with van der Waals surface area (Å²) in [4.78, 5) is 0. The van der Waals surface area contributed by atoms with Crippen LogP contribution in [0.3, 0.4) is 0 Å². The molecule has 0 saturated carbocycles. The van der Waals surface area contributed by atoms with Gasteiger partial charge in [-0.1, -0.05) is 55.4 Å². The van der Waals surface area contributed by atoms with Crippen LogP contribution < -0.4 is 0 Å². The van der Waals surface area contributed by atoms with Gasteiger partial charge in [0.05, 0.1) is 0 Å². The molecule has 2 atom stereocenters. The van der Waals surface area contributed by atoms with Crippen molar-refractivity contribution in [2.24, 2.45) is 22.7 Å². The van der Waals surface area contributed by atoms with Crippen molar-refractivity contribution in [1.82, 2.24) is 0 Å². The van der Waals surface area contributed by atoms with E-state index in [9.17, 15) is 0 Å². The highest BCUT2D eigenvalue weighted by molar-refractivity contribution is 4.71. The Morgan fingerprint density at radius 2 is 0.933 bits per heavy atom. The van der Waals surface area contributed by atoms with E-state index in [2.05, 4.69) is 55.4 Å². The monoisotopic (exact) mass is 212 g/mol. The summed E-state index contributed by atoms with van der Waals surface area (Å²) in [6.07, 6.45) is 4.08. The van der Waals surface area contributed by atoms with Crippen LogP contribution in [0.2, 0.25) is 0 Å². The van der Waals surface area contributed by atoms with Gasteiger partial charge in [-0.2, -0.15) is 0 Å². The topological polar surface area (TPSA) is 0 Å². The first-order chi connectivity index (χ1) is 6.49. The molecule has 0 saturated heterocycles.